The number of benzene rings is 1. The molecule has 0 aliphatic heterocycles. The molecule has 0 bridgehead atoms. The van der Waals surface area contributed by atoms with E-state index in [0.717, 1.165) is 36.9 Å². The molecule has 1 heterocycles. The highest BCUT2D eigenvalue weighted by Gasteiger charge is 2.30. The Morgan fingerprint density at radius 3 is 2.36 bits per heavy atom. The van der Waals surface area contributed by atoms with Crippen LogP contribution in [0.25, 0.3) is 0 Å². The van der Waals surface area contributed by atoms with Crippen molar-refractivity contribution < 1.29 is 13.6 Å². The van der Waals surface area contributed by atoms with Crippen molar-refractivity contribution in [3.05, 3.63) is 52.8 Å². The maximum atomic E-state index is 13.0. The van der Waals surface area contributed by atoms with Gasteiger partial charge in [0.1, 0.15) is 12.2 Å². The molecule has 2 aromatic rings. The van der Waals surface area contributed by atoms with E-state index in [-0.39, 0.29) is 30.1 Å². The highest BCUT2D eigenvalue weighted by atomic mass is 19.3. The zero-order chi connectivity index (χ0) is 20.3. The second-order valence-corrected chi connectivity index (χ2v) is 7.73. The van der Waals surface area contributed by atoms with Gasteiger partial charge in [0, 0.05) is 11.6 Å². The lowest BCUT2D eigenvalue weighted by molar-refractivity contribution is -0.122. The molecule has 6 heteroatoms. The molecule has 152 valence electrons. The number of rotatable bonds is 9. The van der Waals surface area contributed by atoms with Crippen molar-refractivity contribution >= 4 is 5.91 Å². The predicted octanol–water partition coefficient (Wildman–Crippen LogP) is 5.48. The number of halogens is 2. The number of hydrogen-bond donors (Lipinski definition) is 1. The minimum atomic E-state index is -2.62. The summed E-state index contributed by atoms with van der Waals surface area (Å²) in [5, 5.41) is 6.99. The summed E-state index contributed by atoms with van der Waals surface area (Å²) >= 11 is 0. The normalized spacial score (nSPS) is 16.2. The lowest BCUT2D eigenvalue weighted by Crippen LogP contribution is -2.32. The van der Waals surface area contributed by atoms with Gasteiger partial charge in [0.2, 0.25) is 5.91 Å². The Morgan fingerprint density at radius 2 is 1.82 bits per heavy atom. The van der Waals surface area contributed by atoms with Crippen molar-refractivity contribution in [3.8, 4) is 0 Å². The first-order valence-corrected chi connectivity index (χ1v) is 10.2. The summed E-state index contributed by atoms with van der Waals surface area (Å²) in [7, 11) is 0. The molecule has 1 fully saturated rings. The molecule has 28 heavy (non-hydrogen) atoms. The van der Waals surface area contributed by atoms with E-state index in [9.17, 15) is 13.6 Å². The summed E-state index contributed by atoms with van der Waals surface area (Å²) in [6.45, 7) is 6.35. The number of alkyl halides is 2. The topological polar surface area (TPSA) is 46.9 Å². The lowest BCUT2D eigenvalue weighted by Gasteiger charge is -2.19. The third kappa shape index (κ3) is 4.78. The molecular weight excluding hydrogens is 360 g/mol. The fourth-order valence-electron chi connectivity index (χ4n) is 3.48. The van der Waals surface area contributed by atoms with E-state index in [4.69, 9.17) is 0 Å². The molecule has 1 aromatic carbocycles. The molecule has 1 amide bonds. The van der Waals surface area contributed by atoms with E-state index >= 15 is 0 Å². The molecule has 2 unspecified atom stereocenters. The largest absolute Gasteiger partial charge is 0.348 e. The minimum absolute atomic E-state index is 0.0278. The van der Waals surface area contributed by atoms with E-state index < -0.39 is 6.43 Å². The summed E-state index contributed by atoms with van der Waals surface area (Å²) in [4.78, 5) is 12.6. The van der Waals surface area contributed by atoms with Gasteiger partial charge in [-0.15, -0.1) is 0 Å². The molecule has 0 radical (unpaired) electrons. The molecule has 1 aromatic heterocycles. The van der Waals surface area contributed by atoms with Gasteiger partial charge in [-0.25, -0.2) is 8.78 Å². The van der Waals surface area contributed by atoms with Gasteiger partial charge < -0.3 is 5.32 Å². The van der Waals surface area contributed by atoms with Crippen LogP contribution >= 0.6 is 0 Å². The first-order chi connectivity index (χ1) is 13.4. The van der Waals surface area contributed by atoms with Crippen LogP contribution in [0.1, 0.15) is 93.3 Å². The Balaban J connectivity index is 1.67. The third-order valence-electron chi connectivity index (χ3n) is 5.61. The first kappa shape index (κ1) is 20.5. The SMILES string of the molecule is CCC(C)c1ccc(C(CC)NC(=O)Cn2nc(C(F)F)cc2C2CC2)cc1. The molecule has 1 saturated carbocycles. The van der Waals surface area contributed by atoms with Gasteiger partial charge in [0.25, 0.3) is 6.43 Å². The monoisotopic (exact) mass is 389 g/mol. The van der Waals surface area contributed by atoms with E-state index in [1.165, 1.54) is 16.3 Å². The number of aromatic nitrogens is 2. The molecule has 3 rings (SSSR count). The van der Waals surface area contributed by atoms with Crippen LogP contribution in [0, 0.1) is 0 Å². The van der Waals surface area contributed by atoms with Crippen molar-refractivity contribution in [3.63, 3.8) is 0 Å². The van der Waals surface area contributed by atoms with Crippen molar-refractivity contribution in [1.29, 1.82) is 0 Å². The van der Waals surface area contributed by atoms with E-state index in [0.29, 0.717) is 5.92 Å². The van der Waals surface area contributed by atoms with Gasteiger partial charge in [-0.05, 0) is 48.8 Å². The van der Waals surface area contributed by atoms with Crippen LogP contribution in [-0.2, 0) is 11.3 Å². The molecule has 1 N–H and O–H groups in total. The number of amides is 1. The molecule has 4 nitrogen and oxygen atoms in total. The van der Waals surface area contributed by atoms with Crippen LogP contribution in [-0.4, -0.2) is 15.7 Å². The van der Waals surface area contributed by atoms with Crippen LogP contribution < -0.4 is 5.32 Å². The highest BCUT2D eigenvalue weighted by molar-refractivity contribution is 5.76. The van der Waals surface area contributed by atoms with Gasteiger partial charge in [0.05, 0.1) is 6.04 Å². The summed E-state index contributed by atoms with van der Waals surface area (Å²) in [5.41, 5.74) is 2.84. The molecule has 2 atom stereocenters. The minimum Gasteiger partial charge on any atom is -0.348 e. The summed E-state index contributed by atoms with van der Waals surface area (Å²) in [6.07, 6.45) is 1.16. The van der Waals surface area contributed by atoms with Gasteiger partial charge >= 0.3 is 0 Å². The second-order valence-electron chi connectivity index (χ2n) is 7.73. The Hall–Kier alpha value is -2.24. The third-order valence-corrected chi connectivity index (χ3v) is 5.61. The molecule has 1 aliphatic carbocycles. The zero-order valence-corrected chi connectivity index (χ0v) is 16.8. The highest BCUT2D eigenvalue weighted by Crippen LogP contribution is 2.41. The average molecular weight is 389 g/mol. The van der Waals surface area contributed by atoms with Crippen LogP contribution in [0.5, 0.6) is 0 Å². The van der Waals surface area contributed by atoms with Crippen LogP contribution in [0.4, 0.5) is 8.78 Å². The predicted molar refractivity (Wildman–Crippen MR) is 105 cm³/mol. The van der Waals surface area contributed by atoms with Crippen molar-refractivity contribution in [1.82, 2.24) is 15.1 Å². The van der Waals surface area contributed by atoms with Crippen molar-refractivity contribution in [2.45, 2.75) is 77.3 Å². The van der Waals surface area contributed by atoms with Gasteiger partial charge in [0.15, 0.2) is 0 Å². The number of carbonyl (C=O) groups is 1. The van der Waals surface area contributed by atoms with E-state index in [1.54, 1.807) is 0 Å². The second kappa shape index (κ2) is 8.84. The summed E-state index contributed by atoms with van der Waals surface area (Å²) in [5.74, 6) is 0.556. The Bertz CT molecular complexity index is 797. The van der Waals surface area contributed by atoms with E-state index in [2.05, 4.69) is 48.5 Å². The molecule has 0 saturated heterocycles. The van der Waals surface area contributed by atoms with Gasteiger partial charge in [-0.1, -0.05) is 45.0 Å². The van der Waals surface area contributed by atoms with Crippen LogP contribution in [0.3, 0.4) is 0 Å². The Kier molecular flexibility index (Phi) is 6.47. The molecule has 1 aliphatic rings. The van der Waals surface area contributed by atoms with Crippen LogP contribution in [0.2, 0.25) is 0 Å². The summed E-state index contributed by atoms with van der Waals surface area (Å²) in [6, 6.07) is 9.70. The quantitative estimate of drug-likeness (QED) is 0.617. The molecule has 0 spiro atoms. The smallest absolute Gasteiger partial charge is 0.282 e. The average Bonchev–Trinajstić information content (AvgIpc) is 3.45. The van der Waals surface area contributed by atoms with Crippen molar-refractivity contribution in [2.24, 2.45) is 0 Å². The maximum absolute atomic E-state index is 13.0. The van der Waals surface area contributed by atoms with Gasteiger partial charge in [-0.3, -0.25) is 9.48 Å². The van der Waals surface area contributed by atoms with Gasteiger partial charge in [-0.2, -0.15) is 5.10 Å². The summed E-state index contributed by atoms with van der Waals surface area (Å²) < 4.78 is 27.5. The van der Waals surface area contributed by atoms with Crippen molar-refractivity contribution in [2.75, 3.05) is 0 Å². The zero-order valence-electron chi connectivity index (χ0n) is 16.8. The standard InChI is InChI=1S/C22H29F2N3O/c1-4-14(3)15-6-8-16(9-7-15)18(5-2)25-21(28)13-27-20(17-10-11-17)12-19(26-27)22(23)24/h6-9,12,14,17-18,22H,4-5,10-11,13H2,1-3H3,(H,25,28). The van der Waals surface area contributed by atoms with E-state index in [1.807, 2.05) is 6.92 Å². The Morgan fingerprint density at radius 1 is 1.18 bits per heavy atom. The number of carbonyl (C=O) groups excluding carboxylic acids is 1. The fraction of sp³-hybridized carbons (Fsp3) is 0.545. The lowest BCUT2D eigenvalue weighted by atomic mass is 9.95. The Labute approximate surface area is 165 Å². The maximum Gasteiger partial charge on any atom is 0.282 e. The fourth-order valence-corrected chi connectivity index (χ4v) is 3.48. The number of nitrogens with one attached hydrogen (secondary N) is 1. The number of nitrogens with zero attached hydrogens (tertiary/aromatic N) is 2. The van der Waals surface area contributed by atoms with Crippen LogP contribution in [0.15, 0.2) is 30.3 Å². The first-order valence-electron chi connectivity index (χ1n) is 10.2. The molecular formula is C22H29F2N3O. The number of hydrogen-bond acceptors (Lipinski definition) is 2.